The van der Waals surface area contributed by atoms with Crippen LogP contribution in [0.25, 0.3) is 10.9 Å². The molecule has 0 radical (unpaired) electrons. The molecule has 2 aromatic rings. The summed E-state index contributed by atoms with van der Waals surface area (Å²) in [6, 6.07) is 8.78. The van der Waals surface area contributed by atoms with Crippen LogP contribution < -0.4 is 0 Å². The number of aromatic nitrogens is 1. The quantitative estimate of drug-likeness (QED) is 0.620. The van der Waals surface area contributed by atoms with Crippen molar-refractivity contribution in [2.24, 2.45) is 0 Å². The molecule has 0 aliphatic rings. The van der Waals surface area contributed by atoms with Gasteiger partial charge < -0.3 is 4.57 Å². The summed E-state index contributed by atoms with van der Waals surface area (Å²) in [5.74, 6) is 0.135. The maximum atomic E-state index is 11.5. The van der Waals surface area contributed by atoms with E-state index in [1.807, 2.05) is 12.1 Å². The highest BCUT2D eigenvalue weighted by Crippen LogP contribution is 2.27. The topological polar surface area (TPSA) is 22.0 Å². The Morgan fingerprint density at radius 2 is 1.95 bits per heavy atom. The van der Waals surface area contributed by atoms with Gasteiger partial charge >= 0.3 is 0 Å². The molecule has 0 saturated carbocycles. The second-order valence-electron chi connectivity index (χ2n) is 5.64. The fourth-order valence-electron chi connectivity index (χ4n) is 2.90. The number of ketones is 1. The Hall–Kier alpha value is -1.57. The van der Waals surface area contributed by atoms with E-state index in [0.717, 1.165) is 5.56 Å². The molecule has 0 amide bonds. The summed E-state index contributed by atoms with van der Waals surface area (Å²) in [5.41, 5.74) is 2.06. The molecular weight excluding hydrogens is 246 g/mol. The van der Waals surface area contributed by atoms with E-state index >= 15 is 0 Å². The lowest BCUT2D eigenvalue weighted by atomic mass is 10.0. The normalized spacial score (nSPS) is 12.8. The summed E-state index contributed by atoms with van der Waals surface area (Å²) in [4.78, 5) is 11.5. The molecule has 2 heteroatoms. The van der Waals surface area contributed by atoms with Crippen LogP contribution in [0.15, 0.2) is 30.5 Å². The lowest BCUT2D eigenvalue weighted by Crippen LogP contribution is -2.07. The van der Waals surface area contributed by atoms with Gasteiger partial charge in [0.1, 0.15) is 0 Å². The molecule has 0 aliphatic carbocycles. The minimum atomic E-state index is 0.135. The van der Waals surface area contributed by atoms with E-state index < -0.39 is 0 Å². The maximum Gasteiger partial charge on any atom is 0.159 e. The van der Waals surface area contributed by atoms with Crippen molar-refractivity contribution in [3.8, 4) is 0 Å². The lowest BCUT2D eigenvalue weighted by Gasteiger charge is -2.19. The van der Waals surface area contributed by atoms with E-state index in [0.29, 0.717) is 6.04 Å². The van der Waals surface area contributed by atoms with Crippen LogP contribution >= 0.6 is 0 Å². The van der Waals surface area contributed by atoms with Crippen molar-refractivity contribution in [3.63, 3.8) is 0 Å². The van der Waals surface area contributed by atoms with Gasteiger partial charge in [-0.3, -0.25) is 4.79 Å². The van der Waals surface area contributed by atoms with E-state index in [-0.39, 0.29) is 5.78 Å². The molecule has 0 spiro atoms. The second-order valence-corrected chi connectivity index (χ2v) is 5.64. The van der Waals surface area contributed by atoms with Gasteiger partial charge in [-0.15, -0.1) is 0 Å². The van der Waals surface area contributed by atoms with Gasteiger partial charge in [0.2, 0.25) is 0 Å². The minimum Gasteiger partial charge on any atom is -0.344 e. The molecule has 0 fully saturated rings. The molecule has 1 unspecified atom stereocenters. The Kier molecular flexibility index (Phi) is 4.99. The number of hydrogen-bond donors (Lipinski definition) is 0. The number of carbonyl (C=O) groups is 1. The Morgan fingerprint density at radius 3 is 2.60 bits per heavy atom. The van der Waals surface area contributed by atoms with Crippen LogP contribution in [-0.4, -0.2) is 10.4 Å². The first-order chi connectivity index (χ1) is 9.67. The van der Waals surface area contributed by atoms with Crippen LogP contribution in [0.5, 0.6) is 0 Å². The van der Waals surface area contributed by atoms with E-state index in [4.69, 9.17) is 0 Å². The summed E-state index contributed by atoms with van der Waals surface area (Å²) >= 11 is 0. The Balaban J connectivity index is 2.35. The summed E-state index contributed by atoms with van der Waals surface area (Å²) < 4.78 is 2.40. The zero-order valence-corrected chi connectivity index (χ0v) is 12.9. The summed E-state index contributed by atoms with van der Waals surface area (Å²) in [6.07, 6.45) is 8.37. The van der Waals surface area contributed by atoms with Crippen molar-refractivity contribution >= 4 is 16.7 Å². The van der Waals surface area contributed by atoms with Gasteiger partial charge in [0.15, 0.2) is 5.78 Å². The zero-order chi connectivity index (χ0) is 14.5. The van der Waals surface area contributed by atoms with Gasteiger partial charge in [-0.1, -0.05) is 33.1 Å². The molecule has 1 heterocycles. The molecule has 2 rings (SSSR count). The molecule has 1 atom stereocenters. The largest absolute Gasteiger partial charge is 0.344 e. The monoisotopic (exact) mass is 271 g/mol. The van der Waals surface area contributed by atoms with Gasteiger partial charge in [0.05, 0.1) is 0 Å². The van der Waals surface area contributed by atoms with Crippen molar-refractivity contribution < 1.29 is 4.79 Å². The first-order valence-corrected chi connectivity index (χ1v) is 7.78. The van der Waals surface area contributed by atoms with Gasteiger partial charge in [-0.25, -0.2) is 0 Å². The Bertz CT molecular complexity index is 582. The van der Waals surface area contributed by atoms with Crippen molar-refractivity contribution in [2.45, 2.75) is 58.9 Å². The van der Waals surface area contributed by atoms with Crippen molar-refractivity contribution in [1.29, 1.82) is 0 Å². The molecule has 0 bridgehead atoms. The fraction of sp³-hybridized carbons (Fsp3) is 0.500. The molecule has 20 heavy (non-hydrogen) atoms. The zero-order valence-electron chi connectivity index (χ0n) is 12.9. The average molecular weight is 271 g/mol. The van der Waals surface area contributed by atoms with Gasteiger partial charge in [0, 0.05) is 28.7 Å². The predicted octanol–water partition coefficient (Wildman–Crippen LogP) is 5.38. The third-order valence-corrected chi connectivity index (χ3v) is 4.03. The van der Waals surface area contributed by atoms with Gasteiger partial charge in [0.25, 0.3) is 0 Å². The van der Waals surface area contributed by atoms with E-state index in [9.17, 15) is 4.79 Å². The number of benzene rings is 1. The van der Waals surface area contributed by atoms with E-state index in [1.165, 1.54) is 43.0 Å². The van der Waals surface area contributed by atoms with Gasteiger partial charge in [-0.2, -0.15) is 0 Å². The first-order valence-electron chi connectivity index (χ1n) is 7.78. The number of unbranched alkanes of at least 4 members (excludes halogenated alkanes) is 1. The summed E-state index contributed by atoms with van der Waals surface area (Å²) in [6.45, 7) is 6.12. The van der Waals surface area contributed by atoms with Crippen molar-refractivity contribution in [2.75, 3.05) is 0 Å². The number of rotatable bonds is 7. The third kappa shape index (κ3) is 3.12. The van der Waals surface area contributed by atoms with E-state index in [1.54, 1.807) is 6.92 Å². The SMILES string of the molecule is CCCCC(CCC)n1ccc2cc(C(C)=O)ccc21. The first kappa shape index (κ1) is 14.8. The fourth-order valence-corrected chi connectivity index (χ4v) is 2.90. The molecule has 1 aromatic carbocycles. The highest BCUT2D eigenvalue weighted by atomic mass is 16.1. The number of fused-ring (bicyclic) bond motifs is 1. The molecule has 1 aromatic heterocycles. The number of hydrogen-bond acceptors (Lipinski definition) is 1. The van der Waals surface area contributed by atoms with Crippen molar-refractivity contribution in [1.82, 2.24) is 4.57 Å². The predicted molar refractivity (Wildman–Crippen MR) is 85.4 cm³/mol. The van der Waals surface area contributed by atoms with Crippen LogP contribution in [0.4, 0.5) is 0 Å². The van der Waals surface area contributed by atoms with Gasteiger partial charge in [-0.05, 0) is 44.0 Å². The van der Waals surface area contributed by atoms with Crippen LogP contribution in [0, 0.1) is 0 Å². The average Bonchev–Trinajstić information content (AvgIpc) is 2.86. The summed E-state index contributed by atoms with van der Waals surface area (Å²) in [5, 5.41) is 1.18. The second kappa shape index (κ2) is 6.74. The molecule has 0 aliphatic heterocycles. The smallest absolute Gasteiger partial charge is 0.159 e. The molecule has 0 saturated heterocycles. The van der Waals surface area contributed by atoms with Crippen LogP contribution in [-0.2, 0) is 0 Å². The molecular formula is C18H25NO. The highest BCUT2D eigenvalue weighted by molar-refractivity contribution is 5.98. The lowest BCUT2D eigenvalue weighted by molar-refractivity contribution is 0.101. The minimum absolute atomic E-state index is 0.135. The van der Waals surface area contributed by atoms with Crippen LogP contribution in [0.3, 0.4) is 0 Å². The maximum absolute atomic E-state index is 11.5. The van der Waals surface area contributed by atoms with Crippen molar-refractivity contribution in [3.05, 3.63) is 36.0 Å². The highest BCUT2D eigenvalue weighted by Gasteiger charge is 2.12. The van der Waals surface area contributed by atoms with Crippen LogP contribution in [0.2, 0.25) is 0 Å². The number of carbonyl (C=O) groups excluding carboxylic acids is 1. The Labute approximate surface area is 121 Å². The third-order valence-electron chi connectivity index (χ3n) is 4.03. The molecule has 0 N–H and O–H groups in total. The molecule has 108 valence electrons. The van der Waals surface area contributed by atoms with E-state index in [2.05, 4.69) is 36.7 Å². The standard InChI is InChI=1S/C18H25NO/c1-4-6-8-17(7-5-2)19-12-11-16-13-15(14(3)20)9-10-18(16)19/h9-13,17H,4-8H2,1-3H3. The Morgan fingerprint density at radius 1 is 1.15 bits per heavy atom. The summed E-state index contributed by atoms with van der Waals surface area (Å²) in [7, 11) is 0. The number of nitrogens with zero attached hydrogens (tertiary/aromatic N) is 1. The van der Waals surface area contributed by atoms with Crippen LogP contribution in [0.1, 0.15) is 69.3 Å². The number of Topliss-reactive ketones (excluding diaryl/α,β-unsaturated/α-hetero) is 1. The molecule has 2 nitrogen and oxygen atoms in total.